The van der Waals surface area contributed by atoms with Crippen molar-refractivity contribution in [1.82, 2.24) is 0 Å². The van der Waals surface area contributed by atoms with Gasteiger partial charge in [0, 0.05) is 29.4 Å². The Balaban J connectivity index is 1.54. The van der Waals surface area contributed by atoms with Gasteiger partial charge in [-0.05, 0) is 24.5 Å². The summed E-state index contributed by atoms with van der Waals surface area (Å²) < 4.78 is 6.01. The molecule has 1 aliphatic carbocycles. The molecule has 96 valence electrons. The third-order valence-corrected chi connectivity index (χ3v) is 5.07. The average molecular weight is 262 g/mol. The number of hydrogen-bond donors (Lipinski definition) is 0. The van der Waals surface area contributed by atoms with Crippen LogP contribution in [0.25, 0.3) is 0 Å². The second-order valence-corrected chi connectivity index (χ2v) is 6.18. The minimum absolute atomic E-state index is 0.306. The number of carbonyl (C=O) groups is 1. The van der Waals surface area contributed by atoms with Crippen molar-refractivity contribution in [2.45, 2.75) is 42.6 Å². The van der Waals surface area contributed by atoms with Crippen LogP contribution in [0.1, 0.15) is 37.2 Å². The van der Waals surface area contributed by atoms with Gasteiger partial charge in [-0.2, -0.15) is 0 Å². The minimum Gasteiger partial charge on any atom is -0.378 e. The maximum absolute atomic E-state index is 11.2. The normalized spacial score (nSPS) is 24.2. The summed E-state index contributed by atoms with van der Waals surface area (Å²) in [6.07, 6.45) is 3.56. The summed E-state index contributed by atoms with van der Waals surface area (Å²) in [5.41, 5.74) is 1.44. The van der Waals surface area contributed by atoms with Gasteiger partial charge >= 0.3 is 0 Å². The molecule has 1 aliphatic heterocycles. The van der Waals surface area contributed by atoms with E-state index < -0.39 is 0 Å². The van der Waals surface area contributed by atoms with Crippen LogP contribution in [0.5, 0.6) is 0 Å². The molecule has 2 aliphatic rings. The van der Waals surface area contributed by atoms with Gasteiger partial charge < -0.3 is 4.74 Å². The van der Waals surface area contributed by atoms with Gasteiger partial charge in [-0.1, -0.05) is 18.2 Å². The summed E-state index contributed by atoms with van der Waals surface area (Å²) in [5.74, 6) is 2.06. The molecule has 1 aromatic rings. The van der Waals surface area contributed by atoms with Gasteiger partial charge in [0.05, 0.1) is 12.7 Å². The number of carbonyl (C=O) groups excluding carboxylic acids is 1. The first-order valence-corrected chi connectivity index (χ1v) is 7.66. The highest BCUT2D eigenvalue weighted by atomic mass is 32.2. The molecule has 3 heteroatoms. The number of ether oxygens (including phenoxy) is 1. The van der Waals surface area contributed by atoms with Gasteiger partial charge in [0.25, 0.3) is 0 Å². The molecule has 18 heavy (non-hydrogen) atoms. The molecule has 0 N–H and O–H groups in total. The van der Waals surface area contributed by atoms with Crippen molar-refractivity contribution >= 4 is 17.5 Å². The minimum atomic E-state index is 0.306. The molecule has 0 spiro atoms. The summed E-state index contributed by atoms with van der Waals surface area (Å²) in [4.78, 5) is 12.6. The van der Waals surface area contributed by atoms with Crippen molar-refractivity contribution in [2.24, 2.45) is 0 Å². The predicted octanol–water partition coefficient (Wildman–Crippen LogP) is 3.40. The molecule has 1 heterocycles. The summed E-state index contributed by atoms with van der Waals surface area (Å²) >= 11 is 1.93. The van der Waals surface area contributed by atoms with Crippen LogP contribution in [0.15, 0.2) is 29.2 Å². The number of hydrogen-bond acceptors (Lipinski definition) is 3. The van der Waals surface area contributed by atoms with Crippen LogP contribution in [-0.4, -0.2) is 24.2 Å². The zero-order valence-corrected chi connectivity index (χ0v) is 11.2. The number of rotatable bonds is 3. The van der Waals surface area contributed by atoms with Crippen LogP contribution in [0.3, 0.4) is 0 Å². The molecular formula is C15H18O2S. The highest BCUT2D eigenvalue weighted by Gasteiger charge is 2.25. The van der Waals surface area contributed by atoms with E-state index in [4.69, 9.17) is 4.74 Å². The monoisotopic (exact) mass is 262 g/mol. The summed E-state index contributed by atoms with van der Waals surface area (Å²) in [5, 5.41) is 0. The van der Waals surface area contributed by atoms with E-state index in [1.807, 2.05) is 11.8 Å². The molecule has 3 rings (SSSR count). The highest BCUT2D eigenvalue weighted by Crippen LogP contribution is 2.39. The predicted molar refractivity (Wildman–Crippen MR) is 73.1 cm³/mol. The van der Waals surface area contributed by atoms with Crippen LogP contribution in [-0.2, 0) is 9.53 Å². The van der Waals surface area contributed by atoms with Crippen molar-refractivity contribution < 1.29 is 9.53 Å². The molecule has 2 nitrogen and oxygen atoms in total. The van der Waals surface area contributed by atoms with Gasteiger partial charge in [0.15, 0.2) is 0 Å². The van der Waals surface area contributed by atoms with Crippen LogP contribution >= 0.6 is 11.8 Å². The van der Waals surface area contributed by atoms with Crippen LogP contribution < -0.4 is 0 Å². The summed E-state index contributed by atoms with van der Waals surface area (Å²) in [7, 11) is 0. The second kappa shape index (κ2) is 5.45. The van der Waals surface area contributed by atoms with Crippen LogP contribution in [0, 0.1) is 0 Å². The number of thioether (sulfide) groups is 1. The Labute approximate surface area is 112 Å². The quantitative estimate of drug-likeness (QED) is 0.835. The molecule has 1 atom stereocenters. The third-order valence-electron chi connectivity index (χ3n) is 3.82. The molecule has 0 bridgehead atoms. The van der Waals surface area contributed by atoms with E-state index >= 15 is 0 Å². The number of Topliss-reactive ketones (excluding diaryl/α,β-unsaturated/α-hetero) is 1. The van der Waals surface area contributed by atoms with E-state index in [0.29, 0.717) is 30.6 Å². The van der Waals surface area contributed by atoms with Crippen molar-refractivity contribution in [1.29, 1.82) is 0 Å². The molecule has 1 unspecified atom stereocenters. The van der Waals surface area contributed by atoms with E-state index in [-0.39, 0.29) is 0 Å². The van der Waals surface area contributed by atoms with Crippen molar-refractivity contribution in [3.63, 3.8) is 0 Å². The lowest BCUT2D eigenvalue weighted by Gasteiger charge is -2.23. The van der Waals surface area contributed by atoms with Gasteiger partial charge in [0.2, 0.25) is 0 Å². The lowest BCUT2D eigenvalue weighted by molar-refractivity contribution is -0.123. The third kappa shape index (κ3) is 2.62. The van der Waals surface area contributed by atoms with Crippen molar-refractivity contribution in [3.05, 3.63) is 29.8 Å². The zero-order valence-electron chi connectivity index (χ0n) is 10.4. The standard InChI is InChI=1S/C15H18O2S/c16-12-5-7-13(8-6-12)17-9-11-10-18-15-4-2-1-3-14(11)15/h1-4,11,13H,5-10H2. The Morgan fingerprint density at radius 3 is 2.83 bits per heavy atom. The lowest BCUT2D eigenvalue weighted by Crippen LogP contribution is -2.23. The fraction of sp³-hybridized carbons (Fsp3) is 0.533. The highest BCUT2D eigenvalue weighted by molar-refractivity contribution is 7.99. The topological polar surface area (TPSA) is 26.3 Å². The Hall–Kier alpha value is -0.800. The molecule has 1 saturated carbocycles. The second-order valence-electron chi connectivity index (χ2n) is 5.12. The molecule has 0 amide bonds. The van der Waals surface area contributed by atoms with Gasteiger partial charge in [-0.3, -0.25) is 4.79 Å². The first-order valence-electron chi connectivity index (χ1n) is 6.68. The van der Waals surface area contributed by atoms with E-state index in [1.165, 1.54) is 10.5 Å². The first-order chi connectivity index (χ1) is 8.83. The molecular weight excluding hydrogens is 244 g/mol. The first kappa shape index (κ1) is 12.2. The van der Waals surface area contributed by atoms with E-state index in [2.05, 4.69) is 24.3 Å². The van der Waals surface area contributed by atoms with Crippen LogP contribution in [0.4, 0.5) is 0 Å². The smallest absolute Gasteiger partial charge is 0.133 e. The van der Waals surface area contributed by atoms with E-state index in [9.17, 15) is 4.79 Å². The average Bonchev–Trinajstić information content (AvgIpc) is 2.82. The summed E-state index contributed by atoms with van der Waals surface area (Å²) in [6.45, 7) is 0.808. The summed E-state index contributed by atoms with van der Waals surface area (Å²) in [6, 6.07) is 8.62. The maximum Gasteiger partial charge on any atom is 0.133 e. The van der Waals surface area contributed by atoms with Gasteiger partial charge in [-0.15, -0.1) is 11.8 Å². The van der Waals surface area contributed by atoms with E-state index in [0.717, 1.165) is 25.2 Å². The Morgan fingerprint density at radius 2 is 2.00 bits per heavy atom. The largest absolute Gasteiger partial charge is 0.378 e. The van der Waals surface area contributed by atoms with Gasteiger partial charge in [0.1, 0.15) is 5.78 Å². The van der Waals surface area contributed by atoms with Crippen molar-refractivity contribution in [2.75, 3.05) is 12.4 Å². The number of benzene rings is 1. The molecule has 0 aromatic heterocycles. The Kier molecular flexibility index (Phi) is 3.71. The van der Waals surface area contributed by atoms with E-state index in [1.54, 1.807) is 0 Å². The zero-order chi connectivity index (χ0) is 12.4. The SMILES string of the molecule is O=C1CCC(OCC2CSc3ccccc32)CC1. The molecule has 1 fully saturated rings. The lowest BCUT2D eigenvalue weighted by atomic mass is 9.96. The molecule has 0 radical (unpaired) electrons. The fourth-order valence-corrected chi connectivity index (χ4v) is 3.93. The van der Waals surface area contributed by atoms with Crippen molar-refractivity contribution in [3.8, 4) is 0 Å². The number of fused-ring (bicyclic) bond motifs is 1. The Bertz CT molecular complexity index is 434. The maximum atomic E-state index is 11.2. The molecule has 0 saturated heterocycles. The Morgan fingerprint density at radius 1 is 1.22 bits per heavy atom. The van der Waals surface area contributed by atoms with Gasteiger partial charge in [-0.25, -0.2) is 0 Å². The number of ketones is 1. The molecule has 1 aromatic carbocycles. The van der Waals surface area contributed by atoms with Crippen LogP contribution in [0.2, 0.25) is 0 Å². The fourth-order valence-electron chi connectivity index (χ4n) is 2.70.